The van der Waals surface area contributed by atoms with Crippen LogP contribution in [0.3, 0.4) is 0 Å². The molecule has 1 saturated carbocycles. The number of nitrogens with one attached hydrogen (secondary N) is 1. The third-order valence-electron chi connectivity index (χ3n) is 4.78. The number of rotatable bonds is 4. The van der Waals surface area contributed by atoms with Crippen molar-refractivity contribution in [1.29, 1.82) is 0 Å². The molecule has 1 atom stereocenters. The largest absolute Gasteiger partial charge is 0.317 e. The molecule has 1 saturated heterocycles. The molecule has 1 unspecified atom stereocenters. The molecular weight excluding hydrogens is 208 g/mol. The third kappa shape index (κ3) is 4.59. The second-order valence-corrected chi connectivity index (χ2v) is 6.11. The lowest BCUT2D eigenvalue weighted by Crippen LogP contribution is -2.34. The molecule has 0 spiro atoms. The normalized spacial score (nSPS) is 28.2. The Morgan fingerprint density at radius 2 is 1.76 bits per heavy atom. The van der Waals surface area contributed by atoms with Gasteiger partial charge in [0, 0.05) is 6.04 Å². The number of hydrogen-bond donors (Lipinski definition) is 1. The summed E-state index contributed by atoms with van der Waals surface area (Å²) in [7, 11) is 2.35. The highest BCUT2D eigenvalue weighted by Crippen LogP contribution is 2.26. The molecule has 1 N–H and O–H groups in total. The summed E-state index contributed by atoms with van der Waals surface area (Å²) in [5, 5.41) is 3.51. The van der Waals surface area contributed by atoms with Crippen LogP contribution in [0.4, 0.5) is 0 Å². The average molecular weight is 238 g/mol. The van der Waals surface area contributed by atoms with Crippen LogP contribution in [0.15, 0.2) is 0 Å². The van der Waals surface area contributed by atoms with E-state index in [2.05, 4.69) is 17.3 Å². The Hall–Kier alpha value is -0.0800. The van der Waals surface area contributed by atoms with Crippen LogP contribution in [0.25, 0.3) is 0 Å². The van der Waals surface area contributed by atoms with E-state index in [1.54, 1.807) is 0 Å². The average Bonchev–Trinajstić information content (AvgIpc) is 2.66. The van der Waals surface area contributed by atoms with Gasteiger partial charge in [0.25, 0.3) is 0 Å². The quantitative estimate of drug-likeness (QED) is 0.810. The first kappa shape index (κ1) is 13.4. The Morgan fingerprint density at radius 1 is 0.941 bits per heavy atom. The van der Waals surface area contributed by atoms with Gasteiger partial charge in [0.15, 0.2) is 0 Å². The van der Waals surface area contributed by atoms with Gasteiger partial charge in [-0.15, -0.1) is 0 Å². The van der Waals surface area contributed by atoms with Crippen LogP contribution in [-0.2, 0) is 0 Å². The molecule has 2 heteroatoms. The van der Waals surface area contributed by atoms with Crippen molar-refractivity contribution < 1.29 is 0 Å². The molecule has 0 aromatic carbocycles. The standard InChI is InChI=1S/C15H30N2/c1-17(15-8-5-11-16-12-9-15)13-10-14-6-3-2-4-7-14/h14-16H,2-13H2,1H3. The Morgan fingerprint density at radius 3 is 2.59 bits per heavy atom. The highest BCUT2D eigenvalue weighted by atomic mass is 15.1. The zero-order valence-corrected chi connectivity index (χ0v) is 11.6. The minimum atomic E-state index is 0.841. The zero-order valence-electron chi connectivity index (χ0n) is 11.6. The number of nitrogens with zero attached hydrogens (tertiary/aromatic N) is 1. The molecule has 2 rings (SSSR count). The maximum absolute atomic E-state index is 3.51. The fourth-order valence-corrected chi connectivity index (χ4v) is 3.49. The SMILES string of the molecule is CN(CCC1CCCCC1)C1CCCNCC1. The van der Waals surface area contributed by atoms with Crippen molar-refractivity contribution in [3.8, 4) is 0 Å². The molecule has 17 heavy (non-hydrogen) atoms. The van der Waals surface area contributed by atoms with Gasteiger partial charge < -0.3 is 10.2 Å². The monoisotopic (exact) mass is 238 g/mol. The van der Waals surface area contributed by atoms with E-state index in [1.165, 1.54) is 77.4 Å². The second kappa shape index (κ2) is 7.38. The highest BCUT2D eigenvalue weighted by Gasteiger charge is 2.19. The summed E-state index contributed by atoms with van der Waals surface area (Å²) in [6, 6.07) is 0.841. The summed E-state index contributed by atoms with van der Waals surface area (Å²) < 4.78 is 0. The van der Waals surface area contributed by atoms with E-state index in [0.717, 1.165) is 12.0 Å². The van der Waals surface area contributed by atoms with Crippen molar-refractivity contribution in [1.82, 2.24) is 10.2 Å². The van der Waals surface area contributed by atoms with Crippen LogP contribution in [0.1, 0.15) is 57.8 Å². The van der Waals surface area contributed by atoms with Crippen LogP contribution >= 0.6 is 0 Å². The number of hydrogen-bond acceptors (Lipinski definition) is 2. The Bertz CT molecular complexity index is 191. The molecule has 1 heterocycles. The molecule has 2 aliphatic rings. The van der Waals surface area contributed by atoms with Gasteiger partial charge in [-0.3, -0.25) is 0 Å². The predicted molar refractivity (Wildman–Crippen MR) is 74.3 cm³/mol. The molecular formula is C15H30N2. The first-order chi connectivity index (χ1) is 8.36. The summed E-state index contributed by atoms with van der Waals surface area (Å²) in [6.07, 6.45) is 13.0. The summed E-state index contributed by atoms with van der Waals surface area (Å²) in [6.45, 7) is 3.78. The van der Waals surface area contributed by atoms with Crippen molar-refractivity contribution in [2.45, 2.75) is 63.8 Å². The minimum Gasteiger partial charge on any atom is -0.317 e. The molecule has 0 aromatic rings. The zero-order chi connectivity index (χ0) is 11.9. The van der Waals surface area contributed by atoms with E-state index in [1.807, 2.05) is 0 Å². The molecule has 2 nitrogen and oxygen atoms in total. The van der Waals surface area contributed by atoms with Crippen molar-refractivity contribution >= 4 is 0 Å². The maximum atomic E-state index is 3.51. The second-order valence-electron chi connectivity index (χ2n) is 6.11. The van der Waals surface area contributed by atoms with Gasteiger partial charge in [-0.25, -0.2) is 0 Å². The Labute approximate surface area is 107 Å². The summed E-state index contributed by atoms with van der Waals surface area (Å²) in [5.74, 6) is 1.04. The van der Waals surface area contributed by atoms with Crippen LogP contribution in [0, 0.1) is 5.92 Å². The highest BCUT2D eigenvalue weighted by molar-refractivity contribution is 4.75. The molecule has 1 aliphatic carbocycles. The van der Waals surface area contributed by atoms with E-state index in [-0.39, 0.29) is 0 Å². The Balaban J connectivity index is 1.66. The van der Waals surface area contributed by atoms with E-state index in [4.69, 9.17) is 0 Å². The van der Waals surface area contributed by atoms with E-state index in [0.29, 0.717) is 0 Å². The first-order valence-electron chi connectivity index (χ1n) is 7.77. The van der Waals surface area contributed by atoms with Gasteiger partial charge >= 0.3 is 0 Å². The lowest BCUT2D eigenvalue weighted by atomic mass is 9.87. The van der Waals surface area contributed by atoms with Crippen LogP contribution in [0.2, 0.25) is 0 Å². The molecule has 0 amide bonds. The van der Waals surface area contributed by atoms with Crippen molar-refractivity contribution in [3.63, 3.8) is 0 Å². The van der Waals surface area contributed by atoms with E-state index < -0.39 is 0 Å². The maximum Gasteiger partial charge on any atom is 0.0105 e. The smallest absolute Gasteiger partial charge is 0.0105 e. The van der Waals surface area contributed by atoms with Gasteiger partial charge in [0.05, 0.1) is 0 Å². The summed E-state index contributed by atoms with van der Waals surface area (Å²) in [5.41, 5.74) is 0. The molecule has 2 fully saturated rings. The van der Waals surface area contributed by atoms with Gasteiger partial charge in [-0.2, -0.15) is 0 Å². The minimum absolute atomic E-state index is 0.841. The van der Waals surface area contributed by atoms with Gasteiger partial charge in [-0.05, 0) is 58.3 Å². The molecule has 1 aliphatic heterocycles. The van der Waals surface area contributed by atoms with Crippen molar-refractivity contribution in [2.75, 3.05) is 26.7 Å². The van der Waals surface area contributed by atoms with Crippen molar-refractivity contribution in [2.24, 2.45) is 5.92 Å². The summed E-state index contributed by atoms with van der Waals surface area (Å²) >= 11 is 0. The lowest BCUT2D eigenvalue weighted by molar-refractivity contribution is 0.198. The fraction of sp³-hybridized carbons (Fsp3) is 1.00. The van der Waals surface area contributed by atoms with Crippen molar-refractivity contribution in [3.05, 3.63) is 0 Å². The molecule has 100 valence electrons. The fourth-order valence-electron chi connectivity index (χ4n) is 3.49. The van der Waals surface area contributed by atoms with Crippen LogP contribution < -0.4 is 5.32 Å². The molecule has 0 bridgehead atoms. The van der Waals surface area contributed by atoms with Crippen LogP contribution in [0.5, 0.6) is 0 Å². The van der Waals surface area contributed by atoms with Crippen LogP contribution in [-0.4, -0.2) is 37.6 Å². The topological polar surface area (TPSA) is 15.3 Å². The van der Waals surface area contributed by atoms with Gasteiger partial charge in [0.2, 0.25) is 0 Å². The molecule has 0 aromatic heterocycles. The van der Waals surface area contributed by atoms with E-state index >= 15 is 0 Å². The predicted octanol–water partition coefficient (Wildman–Crippen LogP) is 3.03. The third-order valence-corrected chi connectivity index (χ3v) is 4.78. The van der Waals surface area contributed by atoms with Gasteiger partial charge in [0.1, 0.15) is 0 Å². The van der Waals surface area contributed by atoms with Gasteiger partial charge in [-0.1, -0.05) is 32.1 Å². The molecule has 0 radical (unpaired) electrons. The first-order valence-corrected chi connectivity index (χ1v) is 7.77. The van der Waals surface area contributed by atoms with E-state index in [9.17, 15) is 0 Å². The lowest BCUT2D eigenvalue weighted by Gasteiger charge is -2.29. The Kier molecular flexibility index (Phi) is 5.79. The summed E-state index contributed by atoms with van der Waals surface area (Å²) in [4.78, 5) is 2.64.